The molecule has 31 heavy (non-hydrogen) atoms. The second-order valence-electron chi connectivity index (χ2n) is 10.9. The van der Waals surface area contributed by atoms with Crippen molar-refractivity contribution in [3.05, 3.63) is 42.1 Å². The molecular formula is C26H34N4O. The van der Waals surface area contributed by atoms with Crippen molar-refractivity contribution >= 4 is 11.7 Å². The molecule has 1 spiro atoms. The zero-order valence-electron chi connectivity index (χ0n) is 18.6. The molecule has 3 bridgehead atoms. The van der Waals surface area contributed by atoms with E-state index in [0.29, 0.717) is 17.4 Å². The summed E-state index contributed by atoms with van der Waals surface area (Å²) < 4.78 is 1.97. The normalized spacial score (nSPS) is 34.2. The Balaban J connectivity index is 1.31. The molecule has 4 aliphatic carbocycles. The molecule has 5 heteroatoms. The maximum atomic E-state index is 13.6. The maximum Gasteiger partial charge on any atom is 0.256 e. The van der Waals surface area contributed by atoms with Crippen molar-refractivity contribution in [1.82, 2.24) is 15.1 Å². The monoisotopic (exact) mass is 418 g/mol. The molecule has 3 atom stereocenters. The number of rotatable bonds is 4. The maximum absolute atomic E-state index is 13.6. The van der Waals surface area contributed by atoms with E-state index in [9.17, 15) is 4.79 Å². The van der Waals surface area contributed by atoms with E-state index in [-0.39, 0.29) is 5.91 Å². The minimum Gasteiger partial charge on any atom is -0.356 e. The van der Waals surface area contributed by atoms with Crippen LogP contribution in [0.2, 0.25) is 0 Å². The van der Waals surface area contributed by atoms with Gasteiger partial charge >= 0.3 is 0 Å². The molecule has 1 aliphatic heterocycles. The third-order valence-corrected chi connectivity index (χ3v) is 8.61. The van der Waals surface area contributed by atoms with Crippen LogP contribution in [0.15, 0.2) is 36.5 Å². The highest BCUT2D eigenvalue weighted by Gasteiger charge is 2.57. The lowest BCUT2D eigenvalue weighted by atomic mass is 9.45. The molecule has 1 saturated heterocycles. The molecule has 1 aromatic carbocycles. The van der Waals surface area contributed by atoms with Crippen LogP contribution in [0.5, 0.6) is 0 Å². The second-order valence-corrected chi connectivity index (χ2v) is 10.9. The molecule has 0 radical (unpaired) electrons. The number of amides is 1. The lowest BCUT2D eigenvalue weighted by Crippen LogP contribution is -2.60. The van der Waals surface area contributed by atoms with Crippen molar-refractivity contribution < 1.29 is 4.79 Å². The van der Waals surface area contributed by atoms with E-state index in [2.05, 4.69) is 29.3 Å². The van der Waals surface area contributed by atoms with E-state index < -0.39 is 0 Å². The zero-order chi connectivity index (χ0) is 21.0. The van der Waals surface area contributed by atoms with Crippen LogP contribution in [-0.4, -0.2) is 34.8 Å². The van der Waals surface area contributed by atoms with Crippen LogP contribution in [0.3, 0.4) is 0 Å². The van der Waals surface area contributed by atoms with E-state index >= 15 is 0 Å². The first-order chi connectivity index (χ1) is 15.1. The fraction of sp³-hybridized carbons (Fsp3) is 0.615. The highest BCUT2D eigenvalue weighted by atomic mass is 16.1. The number of nitrogens with zero attached hydrogens (tertiary/aromatic N) is 3. The Morgan fingerprint density at radius 2 is 1.90 bits per heavy atom. The van der Waals surface area contributed by atoms with Crippen LogP contribution in [0.4, 0.5) is 5.82 Å². The number of hydrogen-bond acceptors (Lipinski definition) is 3. The second kappa shape index (κ2) is 7.39. The van der Waals surface area contributed by atoms with E-state index in [0.717, 1.165) is 54.8 Å². The first kappa shape index (κ1) is 19.4. The van der Waals surface area contributed by atoms with Gasteiger partial charge in [0.05, 0.1) is 11.9 Å². The lowest BCUT2D eigenvalue weighted by Gasteiger charge is -2.62. The topological polar surface area (TPSA) is 50.2 Å². The van der Waals surface area contributed by atoms with Gasteiger partial charge in [-0.05, 0) is 86.7 Å². The van der Waals surface area contributed by atoms with Gasteiger partial charge in [-0.25, -0.2) is 4.68 Å². The van der Waals surface area contributed by atoms with Crippen LogP contribution < -0.4 is 10.2 Å². The van der Waals surface area contributed by atoms with Gasteiger partial charge in [0.25, 0.3) is 5.91 Å². The van der Waals surface area contributed by atoms with Gasteiger partial charge in [0.15, 0.2) is 0 Å². The molecule has 2 heterocycles. The van der Waals surface area contributed by atoms with E-state index in [1.807, 2.05) is 22.9 Å². The first-order valence-corrected chi connectivity index (χ1v) is 12.3. The number of hydrogen-bond donors (Lipinski definition) is 1. The van der Waals surface area contributed by atoms with Crippen molar-refractivity contribution in [3.8, 4) is 5.69 Å². The summed E-state index contributed by atoms with van der Waals surface area (Å²) in [5, 5.41) is 8.21. The minimum absolute atomic E-state index is 0.0715. The van der Waals surface area contributed by atoms with Crippen LogP contribution >= 0.6 is 0 Å². The molecule has 1 aromatic heterocycles. The van der Waals surface area contributed by atoms with Crippen LogP contribution in [0, 0.1) is 23.2 Å². The summed E-state index contributed by atoms with van der Waals surface area (Å²) in [6.45, 7) is 4.28. The molecule has 1 amide bonds. The average Bonchev–Trinajstić information content (AvgIpc) is 3.21. The molecule has 3 unspecified atom stereocenters. The molecule has 2 aromatic rings. The van der Waals surface area contributed by atoms with Crippen molar-refractivity contribution in [3.63, 3.8) is 0 Å². The summed E-state index contributed by atoms with van der Waals surface area (Å²) in [7, 11) is 0. The number of aromatic nitrogens is 2. The predicted octanol–water partition coefficient (Wildman–Crippen LogP) is 4.81. The summed E-state index contributed by atoms with van der Waals surface area (Å²) in [4.78, 5) is 16.0. The van der Waals surface area contributed by atoms with Gasteiger partial charge in [-0.1, -0.05) is 25.1 Å². The van der Waals surface area contributed by atoms with Crippen LogP contribution in [0.1, 0.15) is 68.6 Å². The van der Waals surface area contributed by atoms with Gasteiger partial charge in [0.2, 0.25) is 0 Å². The summed E-state index contributed by atoms with van der Waals surface area (Å²) in [5.74, 6) is 3.50. The SMILES string of the molecule is CC1CCCN(c2c(C(=O)NC3CCC4CC5CC3(C4)C5)cnn2-c2ccccc2)C1. The van der Waals surface area contributed by atoms with Crippen LogP contribution in [-0.2, 0) is 0 Å². The van der Waals surface area contributed by atoms with Gasteiger partial charge in [-0.2, -0.15) is 5.10 Å². The molecule has 7 rings (SSSR count). The summed E-state index contributed by atoms with van der Waals surface area (Å²) in [6, 6.07) is 10.6. The number of piperidine rings is 1. The van der Waals surface area contributed by atoms with Gasteiger partial charge in [-0.15, -0.1) is 0 Å². The molecule has 164 valence electrons. The summed E-state index contributed by atoms with van der Waals surface area (Å²) >= 11 is 0. The van der Waals surface area contributed by atoms with E-state index in [1.54, 1.807) is 6.20 Å². The number of carbonyl (C=O) groups is 1. The quantitative estimate of drug-likeness (QED) is 0.775. The number of carbonyl (C=O) groups excluding carboxylic acids is 1. The third-order valence-electron chi connectivity index (χ3n) is 8.61. The average molecular weight is 419 g/mol. The van der Waals surface area contributed by atoms with Crippen LogP contribution in [0.25, 0.3) is 5.69 Å². The lowest BCUT2D eigenvalue weighted by molar-refractivity contribution is -0.0940. The zero-order valence-corrected chi connectivity index (χ0v) is 18.6. The summed E-state index contributed by atoms with van der Waals surface area (Å²) in [6.07, 6.45) is 12.1. The molecule has 5 nitrogen and oxygen atoms in total. The number of anilines is 1. The third kappa shape index (κ3) is 3.28. The summed E-state index contributed by atoms with van der Waals surface area (Å²) in [5.41, 5.74) is 2.14. The minimum atomic E-state index is 0.0715. The standard InChI is InChI=1S/C26H34N4O/c1-18-6-5-11-29(17-18)25-22(16-27-30(25)21-7-3-2-4-8-21)24(31)28-23-10-9-19-12-20-14-26(23,13-19)15-20/h2-4,7-8,16,18-20,23H,5-6,9-15,17H2,1H3,(H,28,31). The fourth-order valence-corrected chi connectivity index (χ4v) is 7.32. The molecular weight excluding hydrogens is 384 g/mol. The van der Waals surface area contributed by atoms with E-state index in [4.69, 9.17) is 5.10 Å². The highest BCUT2D eigenvalue weighted by molar-refractivity contribution is 5.99. The molecule has 5 fully saturated rings. The van der Waals surface area contributed by atoms with Gasteiger partial charge in [0.1, 0.15) is 11.4 Å². The number of para-hydroxylation sites is 1. The fourth-order valence-electron chi connectivity index (χ4n) is 7.32. The van der Waals surface area contributed by atoms with Gasteiger partial charge < -0.3 is 10.2 Å². The predicted molar refractivity (Wildman–Crippen MR) is 123 cm³/mol. The van der Waals surface area contributed by atoms with Gasteiger partial charge in [0, 0.05) is 19.1 Å². The van der Waals surface area contributed by atoms with E-state index in [1.165, 1.54) is 38.5 Å². The van der Waals surface area contributed by atoms with Gasteiger partial charge in [-0.3, -0.25) is 4.79 Å². The van der Waals surface area contributed by atoms with Crippen molar-refractivity contribution in [2.75, 3.05) is 18.0 Å². The Hall–Kier alpha value is -2.30. The number of nitrogens with one attached hydrogen (secondary N) is 1. The Morgan fingerprint density at radius 1 is 1.10 bits per heavy atom. The molecule has 1 N–H and O–H groups in total. The van der Waals surface area contributed by atoms with Crippen molar-refractivity contribution in [2.45, 2.75) is 64.3 Å². The Morgan fingerprint density at radius 3 is 2.71 bits per heavy atom. The Labute approximate surface area is 185 Å². The van der Waals surface area contributed by atoms with Crippen molar-refractivity contribution in [1.29, 1.82) is 0 Å². The Bertz CT molecular complexity index is 961. The number of benzene rings is 1. The van der Waals surface area contributed by atoms with Crippen molar-refractivity contribution in [2.24, 2.45) is 23.2 Å². The Kier molecular flexibility index (Phi) is 4.62. The molecule has 5 aliphatic rings. The highest BCUT2D eigenvalue weighted by Crippen LogP contribution is 2.63. The smallest absolute Gasteiger partial charge is 0.256 e. The molecule has 4 saturated carbocycles. The first-order valence-electron chi connectivity index (χ1n) is 12.3. The largest absolute Gasteiger partial charge is 0.356 e.